The van der Waals surface area contributed by atoms with Crippen LogP contribution in [0.15, 0.2) is 18.3 Å². The van der Waals surface area contributed by atoms with E-state index in [1.54, 1.807) is 6.07 Å². The summed E-state index contributed by atoms with van der Waals surface area (Å²) in [5, 5.41) is 0. The quantitative estimate of drug-likeness (QED) is 0.617. The molecule has 2 unspecified atom stereocenters. The van der Waals surface area contributed by atoms with Crippen LogP contribution in [0.4, 0.5) is 5.82 Å². The lowest BCUT2D eigenvalue weighted by atomic mass is 10.2. The fraction of sp³-hybridized carbons (Fsp3) is 0.467. The van der Waals surface area contributed by atoms with Crippen molar-refractivity contribution < 1.29 is 14.3 Å². The van der Waals surface area contributed by atoms with Crippen molar-refractivity contribution in [2.24, 2.45) is 0 Å². The van der Waals surface area contributed by atoms with Crippen LogP contribution in [0.1, 0.15) is 24.2 Å². The molecule has 0 bridgehead atoms. The van der Waals surface area contributed by atoms with E-state index in [-0.39, 0.29) is 18.8 Å². The Kier molecular flexibility index (Phi) is 4.59. The number of aromatic nitrogens is 1. The number of rotatable bonds is 3. The standard InChI is InChI=1S/C15H18N2O3/c1-4-7-19-15(18)13-5-6-14(16-8-13)17-9-11(2)20-12(3)10-17/h1,5-6,8,11-12H,7,9-10H2,2-3H3. The van der Waals surface area contributed by atoms with Gasteiger partial charge >= 0.3 is 5.97 Å². The molecule has 1 aliphatic rings. The molecule has 1 saturated heterocycles. The first-order valence-electron chi connectivity index (χ1n) is 6.57. The number of pyridine rings is 1. The molecule has 1 fully saturated rings. The van der Waals surface area contributed by atoms with Gasteiger partial charge in [-0.25, -0.2) is 9.78 Å². The molecule has 0 radical (unpaired) electrons. The van der Waals surface area contributed by atoms with Crippen LogP contribution in [0.5, 0.6) is 0 Å². The average Bonchev–Trinajstić information content (AvgIpc) is 2.44. The van der Waals surface area contributed by atoms with Gasteiger partial charge in [-0.1, -0.05) is 5.92 Å². The molecule has 2 heterocycles. The number of nitrogens with zero attached hydrogens (tertiary/aromatic N) is 2. The molecular weight excluding hydrogens is 256 g/mol. The van der Waals surface area contributed by atoms with Gasteiger partial charge in [0.2, 0.25) is 0 Å². The minimum Gasteiger partial charge on any atom is -0.449 e. The molecule has 1 aromatic heterocycles. The average molecular weight is 274 g/mol. The summed E-state index contributed by atoms with van der Waals surface area (Å²) in [6, 6.07) is 3.52. The molecule has 0 N–H and O–H groups in total. The third kappa shape index (κ3) is 3.49. The molecule has 5 heteroatoms. The number of anilines is 1. The number of terminal acetylenes is 1. The summed E-state index contributed by atoms with van der Waals surface area (Å²) in [6.45, 7) is 5.62. The maximum Gasteiger partial charge on any atom is 0.340 e. The Labute approximate surface area is 118 Å². The predicted octanol–water partition coefficient (Wildman–Crippen LogP) is 1.49. The van der Waals surface area contributed by atoms with E-state index in [9.17, 15) is 4.79 Å². The van der Waals surface area contributed by atoms with Gasteiger partial charge in [-0.2, -0.15) is 0 Å². The van der Waals surface area contributed by atoms with E-state index in [1.165, 1.54) is 6.20 Å². The Morgan fingerprint density at radius 1 is 1.50 bits per heavy atom. The lowest BCUT2D eigenvalue weighted by Crippen LogP contribution is -2.45. The lowest BCUT2D eigenvalue weighted by Gasteiger charge is -2.36. The third-order valence-corrected chi connectivity index (χ3v) is 3.01. The largest absolute Gasteiger partial charge is 0.449 e. The van der Waals surface area contributed by atoms with Crippen LogP contribution in [0.2, 0.25) is 0 Å². The van der Waals surface area contributed by atoms with Crippen LogP contribution in [0.25, 0.3) is 0 Å². The number of carbonyl (C=O) groups is 1. The van der Waals surface area contributed by atoms with Gasteiger partial charge < -0.3 is 14.4 Å². The maximum absolute atomic E-state index is 11.6. The molecule has 20 heavy (non-hydrogen) atoms. The predicted molar refractivity (Wildman–Crippen MR) is 75.6 cm³/mol. The number of hydrogen-bond donors (Lipinski definition) is 0. The lowest BCUT2D eigenvalue weighted by molar-refractivity contribution is -0.00547. The van der Waals surface area contributed by atoms with Crippen LogP contribution < -0.4 is 4.90 Å². The van der Waals surface area contributed by atoms with E-state index < -0.39 is 5.97 Å². The number of hydrogen-bond acceptors (Lipinski definition) is 5. The van der Waals surface area contributed by atoms with Crippen molar-refractivity contribution in [2.75, 3.05) is 24.6 Å². The van der Waals surface area contributed by atoms with Gasteiger partial charge in [0.1, 0.15) is 5.82 Å². The van der Waals surface area contributed by atoms with Gasteiger partial charge in [-0.15, -0.1) is 6.42 Å². The minimum atomic E-state index is -0.453. The summed E-state index contributed by atoms with van der Waals surface area (Å²) in [4.78, 5) is 18.1. The summed E-state index contributed by atoms with van der Waals surface area (Å²) in [5.74, 6) is 2.64. The second-order valence-electron chi connectivity index (χ2n) is 4.85. The fourth-order valence-electron chi connectivity index (χ4n) is 2.25. The second-order valence-corrected chi connectivity index (χ2v) is 4.85. The topological polar surface area (TPSA) is 51.7 Å². The highest BCUT2D eigenvalue weighted by Gasteiger charge is 2.23. The first-order valence-corrected chi connectivity index (χ1v) is 6.57. The highest BCUT2D eigenvalue weighted by molar-refractivity contribution is 5.89. The molecule has 1 aliphatic heterocycles. The zero-order chi connectivity index (χ0) is 14.5. The Bertz CT molecular complexity index is 497. The number of ether oxygens (including phenoxy) is 2. The Morgan fingerprint density at radius 3 is 2.75 bits per heavy atom. The summed E-state index contributed by atoms with van der Waals surface area (Å²) < 4.78 is 10.5. The van der Waals surface area contributed by atoms with Gasteiger partial charge in [0, 0.05) is 19.3 Å². The highest BCUT2D eigenvalue weighted by Crippen LogP contribution is 2.18. The first kappa shape index (κ1) is 14.4. The van der Waals surface area contributed by atoms with Crippen LogP contribution in [-0.2, 0) is 9.47 Å². The normalized spacial score (nSPS) is 22.1. The van der Waals surface area contributed by atoms with Crippen LogP contribution in [0, 0.1) is 12.3 Å². The van der Waals surface area contributed by atoms with Crippen molar-refractivity contribution in [2.45, 2.75) is 26.1 Å². The van der Waals surface area contributed by atoms with Crippen LogP contribution >= 0.6 is 0 Å². The number of morpholine rings is 1. The van der Waals surface area contributed by atoms with Crippen molar-refractivity contribution in [3.05, 3.63) is 23.9 Å². The third-order valence-electron chi connectivity index (χ3n) is 3.01. The molecule has 1 aromatic rings. The van der Waals surface area contributed by atoms with Gasteiger partial charge in [-0.3, -0.25) is 0 Å². The molecule has 0 amide bonds. The first-order chi connectivity index (χ1) is 9.60. The smallest absolute Gasteiger partial charge is 0.340 e. The van der Waals surface area contributed by atoms with E-state index in [1.807, 2.05) is 19.9 Å². The summed E-state index contributed by atoms with van der Waals surface area (Å²) in [6.07, 6.45) is 6.89. The summed E-state index contributed by atoms with van der Waals surface area (Å²) >= 11 is 0. The van der Waals surface area contributed by atoms with Gasteiger partial charge in [0.25, 0.3) is 0 Å². The van der Waals surface area contributed by atoms with E-state index in [0.717, 1.165) is 18.9 Å². The van der Waals surface area contributed by atoms with E-state index >= 15 is 0 Å². The zero-order valence-electron chi connectivity index (χ0n) is 11.7. The Hall–Kier alpha value is -2.06. The molecule has 5 nitrogen and oxygen atoms in total. The minimum absolute atomic E-state index is 0.0287. The summed E-state index contributed by atoms with van der Waals surface area (Å²) in [5.41, 5.74) is 0.401. The van der Waals surface area contributed by atoms with Crippen molar-refractivity contribution >= 4 is 11.8 Å². The molecule has 0 aliphatic carbocycles. The van der Waals surface area contributed by atoms with Crippen molar-refractivity contribution in [3.63, 3.8) is 0 Å². The molecule has 2 atom stereocenters. The monoisotopic (exact) mass is 274 g/mol. The fourth-order valence-corrected chi connectivity index (χ4v) is 2.25. The maximum atomic E-state index is 11.6. The van der Waals surface area contributed by atoms with Gasteiger partial charge in [-0.05, 0) is 26.0 Å². The van der Waals surface area contributed by atoms with E-state index in [0.29, 0.717) is 5.56 Å². The van der Waals surface area contributed by atoms with E-state index in [2.05, 4.69) is 15.8 Å². The Morgan fingerprint density at radius 2 is 2.20 bits per heavy atom. The van der Waals surface area contributed by atoms with Crippen molar-refractivity contribution in [3.8, 4) is 12.3 Å². The summed E-state index contributed by atoms with van der Waals surface area (Å²) in [7, 11) is 0. The van der Waals surface area contributed by atoms with Crippen LogP contribution in [0.3, 0.4) is 0 Å². The molecule has 2 rings (SSSR count). The highest BCUT2D eigenvalue weighted by atomic mass is 16.5. The van der Waals surface area contributed by atoms with E-state index in [4.69, 9.17) is 15.9 Å². The molecule has 0 aromatic carbocycles. The SMILES string of the molecule is C#CCOC(=O)c1ccc(N2CC(C)OC(C)C2)nc1. The molecule has 0 spiro atoms. The molecule has 106 valence electrons. The number of carbonyl (C=O) groups excluding carboxylic acids is 1. The zero-order valence-corrected chi connectivity index (χ0v) is 11.7. The van der Waals surface area contributed by atoms with Crippen molar-refractivity contribution in [1.82, 2.24) is 4.98 Å². The molecular formula is C15H18N2O3. The number of esters is 1. The Balaban J connectivity index is 2.04. The molecule has 0 saturated carbocycles. The van der Waals surface area contributed by atoms with Crippen LogP contribution in [-0.4, -0.2) is 42.9 Å². The van der Waals surface area contributed by atoms with Gasteiger partial charge in [0.15, 0.2) is 6.61 Å². The van der Waals surface area contributed by atoms with Gasteiger partial charge in [0.05, 0.1) is 17.8 Å². The second kappa shape index (κ2) is 6.40. The van der Waals surface area contributed by atoms with Crippen molar-refractivity contribution in [1.29, 1.82) is 0 Å².